The number of benzene rings is 2. The second-order valence-corrected chi connectivity index (χ2v) is 7.57. The molecule has 3 rings (SSSR count). The van der Waals surface area contributed by atoms with Crippen molar-refractivity contribution < 1.29 is 9.53 Å². The molecule has 0 bridgehead atoms. The van der Waals surface area contributed by atoms with E-state index in [0.29, 0.717) is 5.02 Å². The lowest BCUT2D eigenvalue weighted by Gasteiger charge is -2.25. The molecule has 132 valence electrons. The van der Waals surface area contributed by atoms with Crippen LogP contribution >= 0.6 is 11.6 Å². The Morgan fingerprint density at radius 1 is 1.16 bits per heavy atom. The SMILES string of the molecule is CC(C)(C)OC(=O)Nc1c(-c2ccccc2Cl)ccc2c1CCNC2. The fourth-order valence-electron chi connectivity index (χ4n) is 3.03. The molecular formula is C20H23ClN2O2. The monoisotopic (exact) mass is 358 g/mol. The van der Waals surface area contributed by atoms with Crippen LogP contribution in [0.5, 0.6) is 0 Å². The zero-order valence-electron chi connectivity index (χ0n) is 14.8. The molecule has 0 aromatic heterocycles. The summed E-state index contributed by atoms with van der Waals surface area (Å²) in [5.41, 5.74) is 4.38. The van der Waals surface area contributed by atoms with Gasteiger partial charge in [0.25, 0.3) is 0 Å². The van der Waals surface area contributed by atoms with Crippen molar-refractivity contribution in [2.75, 3.05) is 11.9 Å². The molecule has 2 aromatic rings. The number of ether oxygens (including phenoxy) is 1. The molecule has 0 atom stereocenters. The van der Waals surface area contributed by atoms with Gasteiger partial charge in [-0.15, -0.1) is 0 Å². The van der Waals surface area contributed by atoms with Crippen molar-refractivity contribution in [1.82, 2.24) is 5.32 Å². The van der Waals surface area contributed by atoms with Gasteiger partial charge in [-0.05, 0) is 50.9 Å². The molecular weight excluding hydrogens is 336 g/mol. The van der Waals surface area contributed by atoms with Crippen LogP contribution < -0.4 is 10.6 Å². The molecule has 2 N–H and O–H groups in total. The molecule has 0 saturated heterocycles. The molecule has 5 heteroatoms. The van der Waals surface area contributed by atoms with Crippen LogP contribution in [0.1, 0.15) is 31.9 Å². The average molecular weight is 359 g/mol. The molecule has 0 spiro atoms. The van der Waals surface area contributed by atoms with Gasteiger partial charge < -0.3 is 10.1 Å². The Hall–Kier alpha value is -2.04. The van der Waals surface area contributed by atoms with E-state index in [9.17, 15) is 4.79 Å². The van der Waals surface area contributed by atoms with Gasteiger partial charge in [0, 0.05) is 22.7 Å². The maximum absolute atomic E-state index is 12.4. The highest BCUT2D eigenvalue weighted by Crippen LogP contribution is 2.38. The van der Waals surface area contributed by atoms with Gasteiger partial charge in [-0.1, -0.05) is 41.9 Å². The van der Waals surface area contributed by atoms with Crippen LogP contribution in [0, 0.1) is 0 Å². The zero-order chi connectivity index (χ0) is 18.0. The minimum absolute atomic E-state index is 0.451. The summed E-state index contributed by atoms with van der Waals surface area (Å²) in [4.78, 5) is 12.4. The molecule has 0 saturated carbocycles. The third kappa shape index (κ3) is 4.14. The summed E-state index contributed by atoms with van der Waals surface area (Å²) < 4.78 is 5.46. The second-order valence-electron chi connectivity index (χ2n) is 7.16. The van der Waals surface area contributed by atoms with Gasteiger partial charge in [0.2, 0.25) is 0 Å². The average Bonchev–Trinajstić information content (AvgIpc) is 2.54. The van der Waals surface area contributed by atoms with Gasteiger partial charge in [-0.25, -0.2) is 4.79 Å². The molecule has 1 aliphatic heterocycles. The molecule has 0 fully saturated rings. The van der Waals surface area contributed by atoms with Crippen molar-refractivity contribution in [2.24, 2.45) is 0 Å². The van der Waals surface area contributed by atoms with E-state index in [0.717, 1.165) is 41.9 Å². The van der Waals surface area contributed by atoms with E-state index < -0.39 is 11.7 Å². The number of halogens is 1. The Morgan fingerprint density at radius 2 is 1.92 bits per heavy atom. The normalized spacial score (nSPS) is 13.9. The third-order valence-electron chi connectivity index (χ3n) is 4.07. The Labute approximate surface area is 153 Å². The van der Waals surface area contributed by atoms with E-state index in [4.69, 9.17) is 16.3 Å². The first kappa shape index (κ1) is 17.8. The predicted octanol–water partition coefficient (Wildman–Crippen LogP) is 5.00. The molecule has 0 unspecified atom stereocenters. The number of carbonyl (C=O) groups is 1. The Balaban J connectivity index is 2.07. The maximum Gasteiger partial charge on any atom is 0.412 e. The number of hydrogen-bond donors (Lipinski definition) is 2. The summed E-state index contributed by atoms with van der Waals surface area (Å²) in [6, 6.07) is 11.8. The molecule has 2 aromatic carbocycles. The summed E-state index contributed by atoms with van der Waals surface area (Å²) in [6.07, 6.45) is 0.395. The van der Waals surface area contributed by atoms with E-state index in [2.05, 4.69) is 16.7 Å². The fraction of sp³-hybridized carbons (Fsp3) is 0.350. The van der Waals surface area contributed by atoms with Gasteiger partial charge >= 0.3 is 6.09 Å². The standard InChI is InChI=1S/C20H23ClN2O2/c1-20(2,3)25-19(24)23-18-14-10-11-22-12-13(14)8-9-16(18)15-6-4-5-7-17(15)21/h4-9,22H,10-12H2,1-3H3,(H,23,24). The number of anilines is 1. The van der Waals surface area contributed by atoms with Crippen molar-refractivity contribution in [2.45, 2.75) is 39.3 Å². The fourth-order valence-corrected chi connectivity index (χ4v) is 3.27. The van der Waals surface area contributed by atoms with E-state index >= 15 is 0 Å². The highest BCUT2D eigenvalue weighted by Gasteiger charge is 2.22. The zero-order valence-corrected chi connectivity index (χ0v) is 15.5. The molecule has 1 aliphatic rings. The van der Waals surface area contributed by atoms with E-state index in [-0.39, 0.29) is 0 Å². The number of amides is 1. The van der Waals surface area contributed by atoms with Crippen LogP contribution in [0.4, 0.5) is 10.5 Å². The Morgan fingerprint density at radius 3 is 2.64 bits per heavy atom. The molecule has 25 heavy (non-hydrogen) atoms. The van der Waals surface area contributed by atoms with E-state index in [1.807, 2.05) is 51.1 Å². The number of carbonyl (C=O) groups excluding carboxylic acids is 1. The summed E-state index contributed by atoms with van der Waals surface area (Å²) in [6.45, 7) is 7.23. The van der Waals surface area contributed by atoms with Gasteiger partial charge in [0.05, 0.1) is 5.69 Å². The first-order valence-electron chi connectivity index (χ1n) is 8.45. The van der Waals surface area contributed by atoms with Gasteiger partial charge in [-0.3, -0.25) is 5.32 Å². The first-order valence-corrected chi connectivity index (χ1v) is 8.83. The Bertz CT molecular complexity index is 797. The first-order chi connectivity index (χ1) is 11.8. The van der Waals surface area contributed by atoms with Crippen molar-refractivity contribution in [3.63, 3.8) is 0 Å². The predicted molar refractivity (Wildman–Crippen MR) is 102 cm³/mol. The second kappa shape index (κ2) is 7.06. The van der Waals surface area contributed by atoms with Crippen molar-refractivity contribution in [3.05, 3.63) is 52.5 Å². The van der Waals surface area contributed by atoms with Gasteiger partial charge in [0.1, 0.15) is 5.60 Å². The molecule has 1 heterocycles. The van der Waals surface area contributed by atoms with Crippen molar-refractivity contribution in [3.8, 4) is 11.1 Å². The highest BCUT2D eigenvalue weighted by atomic mass is 35.5. The molecule has 0 aliphatic carbocycles. The Kier molecular flexibility index (Phi) is 5.02. The van der Waals surface area contributed by atoms with Crippen LogP contribution in [-0.4, -0.2) is 18.2 Å². The maximum atomic E-state index is 12.4. The van der Waals surface area contributed by atoms with Gasteiger partial charge in [-0.2, -0.15) is 0 Å². The lowest BCUT2D eigenvalue weighted by Crippen LogP contribution is -2.29. The number of fused-ring (bicyclic) bond motifs is 1. The quantitative estimate of drug-likeness (QED) is 0.794. The largest absolute Gasteiger partial charge is 0.444 e. The highest BCUT2D eigenvalue weighted by molar-refractivity contribution is 6.33. The van der Waals surface area contributed by atoms with Crippen molar-refractivity contribution in [1.29, 1.82) is 0 Å². The minimum atomic E-state index is -0.551. The number of rotatable bonds is 2. The van der Waals surface area contributed by atoms with E-state index in [1.165, 1.54) is 5.56 Å². The molecule has 0 radical (unpaired) electrons. The van der Waals surface area contributed by atoms with Crippen LogP contribution in [-0.2, 0) is 17.7 Å². The summed E-state index contributed by atoms with van der Waals surface area (Å²) >= 11 is 6.40. The van der Waals surface area contributed by atoms with Crippen molar-refractivity contribution >= 4 is 23.4 Å². The van der Waals surface area contributed by atoms with Gasteiger partial charge in [0.15, 0.2) is 0 Å². The molecule has 1 amide bonds. The number of nitrogens with one attached hydrogen (secondary N) is 2. The van der Waals surface area contributed by atoms with Crippen LogP contribution in [0.2, 0.25) is 5.02 Å². The third-order valence-corrected chi connectivity index (χ3v) is 4.40. The minimum Gasteiger partial charge on any atom is -0.444 e. The summed E-state index contributed by atoms with van der Waals surface area (Å²) in [7, 11) is 0. The lowest BCUT2D eigenvalue weighted by atomic mass is 9.92. The number of hydrogen-bond acceptors (Lipinski definition) is 3. The van der Waals surface area contributed by atoms with Crippen LogP contribution in [0.15, 0.2) is 36.4 Å². The van der Waals surface area contributed by atoms with Crippen LogP contribution in [0.3, 0.4) is 0 Å². The molecule has 4 nitrogen and oxygen atoms in total. The topological polar surface area (TPSA) is 50.4 Å². The van der Waals surface area contributed by atoms with Crippen LogP contribution in [0.25, 0.3) is 11.1 Å². The lowest BCUT2D eigenvalue weighted by molar-refractivity contribution is 0.0636. The van der Waals surface area contributed by atoms with E-state index in [1.54, 1.807) is 0 Å². The summed E-state index contributed by atoms with van der Waals surface area (Å²) in [5.74, 6) is 0. The summed E-state index contributed by atoms with van der Waals surface area (Å²) in [5, 5.41) is 6.99. The smallest absolute Gasteiger partial charge is 0.412 e.